The number of benzene rings is 1. The van der Waals surface area contributed by atoms with Crippen LogP contribution >= 0.6 is 11.6 Å². The molecule has 0 aliphatic heterocycles. The van der Waals surface area contributed by atoms with Crippen molar-refractivity contribution in [3.05, 3.63) is 29.6 Å². The van der Waals surface area contributed by atoms with Crippen molar-refractivity contribution in [1.82, 2.24) is 14.5 Å². The molecule has 18 heavy (non-hydrogen) atoms. The van der Waals surface area contributed by atoms with Gasteiger partial charge in [-0.05, 0) is 38.2 Å². The monoisotopic (exact) mass is 265 g/mol. The molecule has 4 heteroatoms. The molecule has 0 atom stereocenters. The fourth-order valence-electron chi connectivity index (χ4n) is 2.06. The van der Waals surface area contributed by atoms with Crippen LogP contribution in [-0.2, 0) is 12.4 Å². The zero-order chi connectivity index (χ0) is 13.1. The first-order chi connectivity index (χ1) is 8.65. The SMILES string of the molecule is CCN(C)CCn1c(CCl)nc2ccc(C)cc21. The molecule has 0 amide bonds. The third kappa shape index (κ3) is 2.68. The molecule has 98 valence electrons. The standard InChI is InChI=1S/C14H20ClN3/c1-4-17(3)7-8-18-13-9-11(2)5-6-12(13)16-14(18)10-15/h5-6,9H,4,7-8,10H2,1-3H3. The molecule has 0 aliphatic rings. The summed E-state index contributed by atoms with van der Waals surface area (Å²) in [5, 5.41) is 0. The second kappa shape index (κ2) is 5.72. The molecule has 0 fully saturated rings. The van der Waals surface area contributed by atoms with Crippen molar-refractivity contribution >= 4 is 22.6 Å². The average Bonchev–Trinajstić information content (AvgIpc) is 2.73. The van der Waals surface area contributed by atoms with Crippen molar-refractivity contribution in [3.8, 4) is 0 Å². The molecule has 1 aromatic carbocycles. The summed E-state index contributed by atoms with van der Waals surface area (Å²) in [6.07, 6.45) is 0. The first-order valence-electron chi connectivity index (χ1n) is 6.36. The number of aryl methyl sites for hydroxylation is 1. The number of likely N-dealkylation sites (N-methyl/N-ethyl adjacent to an activating group) is 1. The summed E-state index contributed by atoms with van der Waals surface area (Å²) >= 11 is 6.00. The molecule has 1 heterocycles. The van der Waals surface area contributed by atoms with Crippen molar-refractivity contribution in [1.29, 1.82) is 0 Å². The Bertz CT molecular complexity index is 533. The van der Waals surface area contributed by atoms with Gasteiger partial charge in [0, 0.05) is 13.1 Å². The third-order valence-corrected chi connectivity index (χ3v) is 3.59. The Morgan fingerprint density at radius 2 is 2.17 bits per heavy atom. The lowest BCUT2D eigenvalue weighted by molar-refractivity contribution is 0.335. The summed E-state index contributed by atoms with van der Waals surface area (Å²) in [6, 6.07) is 6.35. The maximum atomic E-state index is 6.00. The Balaban J connectivity index is 2.36. The van der Waals surface area contributed by atoms with Gasteiger partial charge in [-0.1, -0.05) is 13.0 Å². The van der Waals surface area contributed by atoms with Crippen LogP contribution in [0, 0.1) is 6.92 Å². The Labute approximate surface area is 113 Å². The fourth-order valence-corrected chi connectivity index (χ4v) is 2.27. The molecule has 3 nitrogen and oxygen atoms in total. The summed E-state index contributed by atoms with van der Waals surface area (Å²) in [5.41, 5.74) is 3.49. The molecule has 0 saturated heterocycles. The molecule has 2 aromatic rings. The van der Waals surface area contributed by atoms with Gasteiger partial charge < -0.3 is 9.47 Å². The van der Waals surface area contributed by atoms with E-state index >= 15 is 0 Å². The highest BCUT2D eigenvalue weighted by Gasteiger charge is 2.10. The lowest BCUT2D eigenvalue weighted by Crippen LogP contribution is -2.23. The quantitative estimate of drug-likeness (QED) is 0.775. The van der Waals surface area contributed by atoms with E-state index in [0.29, 0.717) is 5.88 Å². The molecule has 0 aliphatic carbocycles. The first-order valence-corrected chi connectivity index (χ1v) is 6.89. The summed E-state index contributed by atoms with van der Waals surface area (Å²) in [4.78, 5) is 6.88. The van der Waals surface area contributed by atoms with Crippen LogP contribution in [0.3, 0.4) is 0 Å². The molecule has 2 rings (SSSR count). The maximum Gasteiger partial charge on any atom is 0.124 e. The van der Waals surface area contributed by atoms with E-state index < -0.39 is 0 Å². The summed E-state index contributed by atoms with van der Waals surface area (Å²) in [7, 11) is 2.13. The Morgan fingerprint density at radius 1 is 1.39 bits per heavy atom. The number of hydrogen-bond acceptors (Lipinski definition) is 2. The highest BCUT2D eigenvalue weighted by molar-refractivity contribution is 6.16. The lowest BCUT2D eigenvalue weighted by Gasteiger charge is -2.15. The van der Waals surface area contributed by atoms with E-state index in [1.807, 2.05) is 0 Å². The number of hydrogen-bond donors (Lipinski definition) is 0. The molecule has 0 spiro atoms. The molecular formula is C14H20ClN3. The smallest absolute Gasteiger partial charge is 0.124 e. The van der Waals surface area contributed by atoms with Gasteiger partial charge in [-0.2, -0.15) is 0 Å². The number of fused-ring (bicyclic) bond motifs is 1. The summed E-state index contributed by atoms with van der Waals surface area (Å²) in [5.74, 6) is 1.42. The van der Waals surface area contributed by atoms with E-state index in [4.69, 9.17) is 11.6 Å². The highest BCUT2D eigenvalue weighted by Crippen LogP contribution is 2.19. The van der Waals surface area contributed by atoms with E-state index in [0.717, 1.165) is 31.0 Å². The molecule has 0 saturated carbocycles. The van der Waals surface area contributed by atoms with Gasteiger partial charge in [0.05, 0.1) is 16.9 Å². The summed E-state index contributed by atoms with van der Waals surface area (Å²) in [6.45, 7) is 7.28. The number of nitrogens with zero attached hydrogens (tertiary/aromatic N) is 3. The van der Waals surface area contributed by atoms with Crippen molar-refractivity contribution < 1.29 is 0 Å². The van der Waals surface area contributed by atoms with Crippen molar-refractivity contribution in [3.63, 3.8) is 0 Å². The van der Waals surface area contributed by atoms with Gasteiger partial charge in [-0.15, -0.1) is 11.6 Å². The van der Waals surface area contributed by atoms with E-state index in [1.165, 1.54) is 11.1 Å². The van der Waals surface area contributed by atoms with Crippen molar-refractivity contribution in [2.24, 2.45) is 0 Å². The normalized spacial score (nSPS) is 11.6. The zero-order valence-corrected chi connectivity index (χ0v) is 12.0. The Hall–Kier alpha value is -1.06. The van der Waals surface area contributed by atoms with Crippen LogP contribution in [-0.4, -0.2) is 34.6 Å². The third-order valence-electron chi connectivity index (χ3n) is 3.35. The van der Waals surface area contributed by atoms with Crippen LogP contribution in [0.15, 0.2) is 18.2 Å². The van der Waals surface area contributed by atoms with Crippen molar-refractivity contribution in [2.45, 2.75) is 26.3 Å². The second-order valence-corrected chi connectivity index (χ2v) is 4.97. The zero-order valence-electron chi connectivity index (χ0n) is 11.3. The molecule has 1 aromatic heterocycles. The minimum atomic E-state index is 0.462. The topological polar surface area (TPSA) is 21.1 Å². The molecular weight excluding hydrogens is 246 g/mol. The van der Waals surface area contributed by atoms with Crippen LogP contribution < -0.4 is 0 Å². The first kappa shape index (κ1) is 13.4. The molecule has 0 radical (unpaired) electrons. The minimum Gasteiger partial charge on any atom is -0.326 e. The van der Waals surface area contributed by atoms with Crippen LogP contribution in [0.4, 0.5) is 0 Å². The molecule has 0 N–H and O–H groups in total. The molecule has 0 unspecified atom stereocenters. The van der Waals surface area contributed by atoms with Gasteiger partial charge >= 0.3 is 0 Å². The van der Waals surface area contributed by atoms with Gasteiger partial charge in [0.25, 0.3) is 0 Å². The largest absolute Gasteiger partial charge is 0.326 e. The highest BCUT2D eigenvalue weighted by atomic mass is 35.5. The van der Waals surface area contributed by atoms with E-state index in [-0.39, 0.29) is 0 Å². The number of aromatic nitrogens is 2. The van der Waals surface area contributed by atoms with Crippen molar-refractivity contribution in [2.75, 3.05) is 20.1 Å². The van der Waals surface area contributed by atoms with Crippen LogP contribution in [0.5, 0.6) is 0 Å². The number of halogens is 1. The number of rotatable bonds is 5. The maximum absolute atomic E-state index is 6.00. The van der Waals surface area contributed by atoms with Gasteiger partial charge in [0.2, 0.25) is 0 Å². The predicted molar refractivity (Wildman–Crippen MR) is 77.2 cm³/mol. The van der Waals surface area contributed by atoms with Crippen LogP contribution in [0.25, 0.3) is 11.0 Å². The average molecular weight is 266 g/mol. The Morgan fingerprint density at radius 3 is 2.83 bits per heavy atom. The lowest BCUT2D eigenvalue weighted by atomic mass is 10.2. The van der Waals surface area contributed by atoms with Gasteiger partial charge in [0.15, 0.2) is 0 Å². The predicted octanol–water partition coefficient (Wildman–Crippen LogP) is 3.04. The molecule has 0 bridgehead atoms. The van der Waals surface area contributed by atoms with Gasteiger partial charge in [0.1, 0.15) is 5.82 Å². The summed E-state index contributed by atoms with van der Waals surface area (Å²) < 4.78 is 2.24. The van der Waals surface area contributed by atoms with E-state index in [9.17, 15) is 0 Å². The van der Waals surface area contributed by atoms with E-state index in [2.05, 4.69) is 53.5 Å². The van der Waals surface area contributed by atoms with E-state index in [1.54, 1.807) is 0 Å². The fraction of sp³-hybridized carbons (Fsp3) is 0.500. The van der Waals surface area contributed by atoms with Crippen LogP contribution in [0.2, 0.25) is 0 Å². The Kier molecular flexibility index (Phi) is 4.25. The second-order valence-electron chi connectivity index (χ2n) is 4.70. The number of imidazole rings is 1. The van der Waals surface area contributed by atoms with Gasteiger partial charge in [-0.25, -0.2) is 4.98 Å². The minimum absolute atomic E-state index is 0.462. The number of alkyl halides is 1. The van der Waals surface area contributed by atoms with Crippen LogP contribution in [0.1, 0.15) is 18.3 Å². The van der Waals surface area contributed by atoms with Gasteiger partial charge in [-0.3, -0.25) is 0 Å².